The smallest absolute Gasteiger partial charge is 0.391 e. The number of hydrogen-bond acceptors (Lipinski definition) is 3. The molecule has 4 nitrogen and oxygen atoms in total. The van der Waals surface area contributed by atoms with Crippen LogP contribution in [0.5, 0.6) is 0 Å². The summed E-state index contributed by atoms with van der Waals surface area (Å²) in [4.78, 5) is 24.4. The van der Waals surface area contributed by atoms with Gasteiger partial charge in [0.15, 0.2) is 0 Å². The van der Waals surface area contributed by atoms with Crippen LogP contribution in [0.4, 0.5) is 13.2 Å². The van der Waals surface area contributed by atoms with E-state index in [0.717, 1.165) is 11.1 Å². The van der Waals surface area contributed by atoms with E-state index in [2.05, 4.69) is 11.2 Å². The third-order valence-corrected chi connectivity index (χ3v) is 6.64. The summed E-state index contributed by atoms with van der Waals surface area (Å²) in [6, 6.07) is 14.4. The first-order chi connectivity index (χ1) is 16.8. The molecule has 7 heteroatoms. The van der Waals surface area contributed by atoms with Crippen LogP contribution in [0.3, 0.4) is 0 Å². The Morgan fingerprint density at radius 2 is 1.53 bits per heavy atom. The van der Waals surface area contributed by atoms with Crippen molar-refractivity contribution in [3.63, 3.8) is 0 Å². The number of rotatable bonds is 6. The Morgan fingerprint density at radius 3 is 2.00 bits per heavy atom. The summed E-state index contributed by atoms with van der Waals surface area (Å²) in [5.74, 6) is 0.522. The van der Waals surface area contributed by atoms with E-state index in [4.69, 9.17) is 11.2 Å². The van der Waals surface area contributed by atoms with Crippen molar-refractivity contribution in [3.8, 4) is 12.3 Å². The molecule has 0 bridgehead atoms. The van der Waals surface area contributed by atoms with Gasteiger partial charge in [0, 0.05) is 23.1 Å². The summed E-state index contributed by atoms with van der Waals surface area (Å²) in [5.41, 5.74) is 1.70. The van der Waals surface area contributed by atoms with Crippen LogP contribution in [-0.4, -0.2) is 30.2 Å². The van der Waals surface area contributed by atoms with E-state index < -0.39 is 29.1 Å². The topological polar surface area (TPSA) is 55.4 Å². The van der Waals surface area contributed by atoms with Gasteiger partial charge in [0.25, 0.3) is 5.91 Å². The fourth-order valence-electron chi connectivity index (χ4n) is 4.78. The minimum absolute atomic E-state index is 0.0350. The predicted octanol–water partition coefficient (Wildman–Crippen LogP) is 6.17. The van der Waals surface area contributed by atoms with E-state index in [0.29, 0.717) is 24.0 Å². The maximum Gasteiger partial charge on any atom is 0.391 e. The molecule has 192 valence electrons. The van der Waals surface area contributed by atoms with Crippen molar-refractivity contribution in [1.82, 2.24) is 5.32 Å². The van der Waals surface area contributed by atoms with Crippen LogP contribution in [0.15, 0.2) is 48.5 Å². The van der Waals surface area contributed by atoms with E-state index >= 15 is 0 Å². The number of carbonyl (C=O) groups excluding carboxylic acids is 2. The van der Waals surface area contributed by atoms with Gasteiger partial charge in [0.05, 0.1) is 12.3 Å². The zero-order chi connectivity index (χ0) is 26.6. The van der Waals surface area contributed by atoms with Crippen LogP contribution in [0.1, 0.15) is 79.9 Å². The lowest BCUT2D eigenvalue weighted by Crippen LogP contribution is -2.37. The fourth-order valence-corrected chi connectivity index (χ4v) is 4.78. The molecule has 1 N–H and O–H groups in total. The molecule has 1 saturated carbocycles. The second kappa shape index (κ2) is 10.8. The van der Waals surface area contributed by atoms with Gasteiger partial charge < -0.3 is 10.1 Å². The molecule has 1 fully saturated rings. The van der Waals surface area contributed by atoms with Gasteiger partial charge in [-0.25, -0.2) is 0 Å². The summed E-state index contributed by atoms with van der Waals surface area (Å²) in [6.45, 7) is 5.46. The van der Waals surface area contributed by atoms with Gasteiger partial charge in [0.2, 0.25) is 0 Å². The molecule has 3 rings (SSSR count). The van der Waals surface area contributed by atoms with Crippen molar-refractivity contribution in [1.29, 1.82) is 0 Å². The summed E-state index contributed by atoms with van der Waals surface area (Å²) in [7, 11) is 0. The number of amides is 1. The standard InChI is InChI=1S/C29H32F3NO3/c1-5-20-6-10-22(11-7-20)28(17-14-24(15-18-28)29(30,31)32)23-12-8-21(9-13-23)26(35)33-19-16-25(34)36-27(2,3)4/h1,6-13,24H,14-19H2,2-4H3,(H,33,35). The molecule has 1 aliphatic rings. The van der Waals surface area contributed by atoms with Gasteiger partial charge in [-0.2, -0.15) is 13.2 Å². The number of ether oxygens (including phenoxy) is 1. The Balaban J connectivity index is 1.76. The molecule has 0 heterocycles. The van der Waals surface area contributed by atoms with Crippen molar-refractivity contribution in [2.75, 3.05) is 6.54 Å². The Bertz CT molecular complexity index is 1100. The number of hydrogen-bond donors (Lipinski definition) is 1. The largest absolute Gasteiger partial charge is 0.460 e. The second-order valence-electron chi connectivity index (χ2n) is 10.3. The highest BCUT2D eigenvalue weighted by Crippen LogP contribution is 2.50. The maximum absolute atomic E-state index is 13.4. The first kappa shape index (κ1) is 27.3. The molecule has 0 saturated heterocycles. The normalized spacial score (nSPS) is 20.3. The second-order valence-corrected chi connectivity index (χ2v) is 10.3. The lowest BCUT2D eigenvalue weighted by Gasteiger charge is -2.42. The van der Waals surface area contributed by atoms with Gasteiger partial charge in [-0.15, -0.1) is 6.42 Å². The fraction of sp³-hybridized carbons (Fsp3) is 0.448. The predicted molar refractivity (Wildman–Crippen MR) is 132 cm³/mol. The van der Waals surface area contributed by atoms with Crippen molar-refractivity contribution in [2.45, 2.75) is 70.1 Å². The molecular formula is C29H32F3NO3. The highest BCUT2D eigenvalue weighted by molar-refractivity contribution is 5.94. The van der Waals surface area contributed by atoms with E-state index in [1.165, 1.54) is 0 Å². The minimum atomic E-state index is -4.21. The number of carbonyl (C=O) groups is 2. The summed E-state index contributed by atoms with van der Waals surface area (Å²) in [6.07, 6.45) is 2.07. The Morgan fingerprint density at radius 1 is 1.00 bits per heavy atom. The van der Waals surface area contributed by atoms with Gasteiger partial charge in [0.1, 0.15) is 5.60 Å². The Hall–Kier alpha value is -3.27. The van der Waals surface area contributed by atoms with E-state index in [1.54, 1.807) is 45.0 Å². The van der Waals surface area contributed by atoms with Gasteiger partial charge >= 0.3 is 12.1 Å². The van der Waals surface area contributed by atoms with Gasteiger partial charge in [-0.3, -0.25) is 9.59 Å². The molecule has 1 aliphatic carbocycles. The summed E-state index contributed by atoms with van der Waals surface area (Å²) >= 11 is 0. The third-order valence-electron chi connectivity index (χ3n) is 6.64. The van der Waals surface area contributed by atoms with Crippen molar-refractivity contribution in [2.24, 2.45) is 5.92 Å². The summed E-state index contributed by atoms with van der Waals surface area (Å²) < 4.78 is 45.4. The molecule has 1 amide bonds. The number of esters is 1. The number of nitrogens with one attached hydrogen (secondary N) is 1. The van der Waals surface area contributed by atoms with Crippen LogP contribution >= 0.6 is 0 Å². The highest BCUT2D eigenvalue weighted by Gasteiger charge is 2.47. The number of alkyl halides is 3. The van der Waals surface area contributed by atoms with Crippen molar-refractivity contribution in [3.05, 3.63) is 70.8 Å². The third kappa shape index (κ3) is 6.69. The molecule has 0 atom stereocenters. The maximum atomic E-state index is 13.4. The number of halogens is 3. The van der Waals surface area contributed by atoms with Crippen LogP contribution in [0.2, 0.25) is 0 Å². The first-order valence-electron chi connectivity index (χ1n) is 12.1. The quantitative estimate of drug-likeness (QED) is 0.382. The lowest BCUT2D eigenvalue weighted by atomic mass is 9.63. The Labute approximate surface area is 210 Å². The zero-order valence-electron chi connectivity index (χ0n) is 20.9. The first-order valence-corrected chi connectivity index (χ1v) is 12.1. The molecule has 0 unspecified atom stereocenters. The van der Waals surface area contributed by atoms with Gasteiger partial charge in [-0.05, 0) is 81.8 Å². The van der Waals surface area contributed by atoms with Crippen molar-refractivity contribution < 1.29 is 27.5 Å². The molecule has 2 aromatic rings. The van der Waals surface area contributed by atoms with E-state index in [-0.39, 0.29) is 31.7 Å². The van der Waals surface area contributed by atoms with Crippen molar-refractivity contribution >= 4 is 11.9 Å². The molecular weight excluding hydrogens is 467 g/mol. The molecule has 36 heavy (non-hydrogen) atoms. The van der Waals surface area contributed by atoms with Crippen LogP contribution in [-0.2, 0) is 14.9 Å². The highest BCUT2D eigenvalue weighted by atomic mass is 19.4. The molecule has 0 radical (unpaired) electrons. The molecule has 0 aromatic heterocycles. The van der Waals surface area contributed by atoms with Crippen LogP contribution in [0, 0.1) is 18.3 Å². The minimum Gasteiger partial charge on any atom is -0.460 e. The van der Waals surface area contributed by atoms with Gasteiger partial charge in [-0.1, -0.05) is 30.2 Å². The number of terminal acetylenes is 1. The monoisotopic (exact) mass is 499 g/mol. The Kier molecular flexibility index (Phi) is 8.18. The molecule has 0 aliphatic heterocycles. The average Bonchev–Trinajstić information content (AvgIpc) is 2.82. The average molecular weight is 500 g/mol. The zero-order valence-corrected chi connectivity index (χ0v) is 20.9. The molecule has 2 aromatic carbocycles. The molecule has 0 spiro atoms. The SMILES string of the molecule is C#Cc1ccc(C2(c3ccc(C(=O)NCCC(=O)OC(C)(C)C)cc3)CCC(C(F)(F)F)CC2)cc1. The van der Waals surface area contributed by atoms with Crippen LogP contribution < -0.4 is 5.32 Å². The lowest BCUT2D eigenvalue weighted by molar-refractivity contribution is -0.184. The summed E-state index contributed by atoms with van der Waals surface area (Å²) in [5, 5.41) is 2.71. The van der Waals surface area contributed by atoms with E-state index in [1.807, 2.05) is 24.3 Å². The van der Waals surface area contributed by atoms with Crippen LogP contribution in [0.25, 0.3) is 0 Å². The van der Waals surface area contributed by atoms with E-state index in [9.17, 15) is 22.8 Å². The number of benzene rings is 2.